The number of fused-ring (bicyclic) bond motifs is 2. The number of hydrogen-bond acceptors (Lipinski definition) is 13. The monoisotopic (exact) mass is 729 g/mol. The van der Waals surface area contributed by atoms with Crippen LogP contribution in [0.25, 0.3) is 33.7 Å². The molecule has 7 rings (SSSR count). The molecule has 0 amide bonds. The first-order chi connectivity index (χ1) is 23.7. The number of imidazole rings is 2. The first kappa shape index (κ1) is 35.2. The van der Waals surface area contributed by atoms with Gasteiger partial charge in [-0.2, -0.15) is 36.3 Å². The Kier molecular flexibility index (Phi) is 9.82. The SMILES string of the molecule is C[C@H]1COCCN1c1nc(-c2cnc(N)nc2)nc2c1ncn2CC(F)(F)F.C[C@H]1COCCN1c1nc(Cl)nc2c1ncn2CC(F)(F)F. The molecule has 15 nitrogen and oxygen atoms in total. The maximum atomic E-state index is 13.0. The number of aromatic nitrogens is 10. The average molecular weight is 730 g/mol. The van der Waals surface area contributed by atoms with Gasteiger partial charge in [0.1, 0.15) is 13.1 Å². The first-order valence-corrected chi connectivity index (χ1v) is 15.6. The van der Waals surface area contributed by atoms with Crippen molar-refractivity contribution in [1.82, 2.24) is 49.0 Å². The predicted octanol–water partition coefficient (Wildman–Crippen LogP) is 3.92. The average Bonchev–Trinajstić information content (AvgIpc) is 3.63. The van der Waals surface area contributed by atoms with Gasteiger partial charge in [-0.3, -0.25) is 0 Å². The molecule has 0 spiro atoms. The Hall–Kier alpha value is -4.63. The van der Waals surface area contributed by atoms with Gasteiger partial charge in [0.15, 0.2) is 39.8 Å². The summed E-state index contributed by atoms with van der Waals surface area (Å²) < 4.78 is 89.5. The van der Waals surface area contributed by atoms with Gasteiger partial charge in [0, 0.05) is 25.5 Å². The van der Waals surface area contributed by atoms with E-state index in [2.05, 4.69) is 39.9 Å². The van der Waals surface area contributed by atoms with Crippen LogP contribution in [0, 0.1) is 0 Å². The quantitative estimate of drug-likeness (QED) is 0.205. The second-order valence-electron chi connectivity index (χ2n) is 11.6. The second-order valence-corrected chi connectivity index (χ2v) is 11.9. The minimum Gasteiger partial charge on any atom is -0.377 e. The third-order valence-electron chi connectivity index (χ3n) is 7.77. The fourth-order valence-electron chi connectivity index (χ4n) is 5.52. The van der Waals surface area contributed by atoms with Crippen LogP contribution in [0.2, 0.25) is 5.28 Å². The van der Waals surface area contributed by atoms with Gasteiger partial charge in [-0.1, -0.05) is 0 Å². The van der Waals surface area contributed by atoms with Crippen LogP contribution in [0.15, 0.2) is 25.0 Å². The number of morpholine rings is 2. The molecule has 2 N–H and O–H groups in total. The molecule has 5 aromatic rings. The van der Waals surface area contributed by atoms with E-state index in [4.69, 9.17) is 26.8 Å². The molecular formula is C28H30ClF6N13O2. The first-order valence-electron chi connectivity index (χ1n) is 15.2. The van der Waals surface area contributed by atoms with Crippen LogP contribution < -0.4 is 15.5 Å². The number of rotatable bonds is 5. The number of nitrogens with zero attached hydrogens (tertiary/aromatic N) is 12. The van der Waals surface area contributed by atoms with Crippen LogP contribution in [-0.2, 0) is 22.6 Å². The molecule has 2 aliphatic heterocycles. The molecule has 2 aliphatic rings. The zero-order valence-electron chi connectivity index (χ0n) is 26.5. The molecule has 268 valence electrons. The van der Waals surface area contributed by atoms with Crippen molar-refractivity contribution in [1.29, 1.82) is 0 Å². The third-order valence-corrected chi connectivity index (χ3v) is 7.94. The number of nitrogen functional groups attached to an aromatic ring is 1. The smallest absolute Gasteiger partial charge is 0.377 e. The van der Waals surface area contributed by atoms with Crippen molar-refractivity contribution in [3.63, 3.8) is 0 Å². The lowest BCUT2D eigenvalue weighted by Gasteiger charge is -2.34. The molecule has 7 heterocycles. The van der Waals surface area contributed by atoms with Crippen LogP contribution in [-0.4, -0.2) is 113 Å². The van der Waals surface area contributed by atoms with Crippen LogP contribution in [0.4, 0.5) is 43.9 Å². The van der Waals surface area contributed by atoms with Crippen molar-refractivity contribution in [2.24, 2.45) is 0 Å². The molecule has 0 aromatic carbocycles. The fraction of sp³-hybridized carbons (Fsp3) is 0.500. The molecule has 50 heavy (non-hydrogen) atoms. The van der Waals surface area contributed by atoms with Gasteiger partial charge in [-0.25, -0.2) is 29.9 Å². The Labute approximate surface area is 284 Å². The van der Waals surface area contributed by atoms with Gasteiger partial charge in [0.25, 0.3) is 0 Å². The minimum atomic E-state index is -4.41. The van der Waals surface area contributed by atoms with E-state index in [0.717, 1.165) is 21.8 Å². The summed E-state index contributed by atoms with van der Waals surface area (Å²) in [6.45, 7) is 4.61. The van der Waals surface area contributed by atoms with Crippen molar-refractivity contribution >= 4 is 51.5 Å². The van der Waals surface area contributed by atoms with Crippen LogP contribution >= 0.6 is 11.6 Å². The number of nitrogens with two attached hydrogens (primary N) is 1. The molecule has 0 saturated carbocycles. The van der Waals surface area contributed by atoms with E-state index in [-0.39, 0.29) is 40.4 Å². The maximum absolute atomic E-state index is 13.0. The normalized spacial score (nSPS) is 18.8. The van der Waals surface area contributed by atoms with Crippen molar-refractivity contribution in [2.75, 3.05) is 55.1 Å². The molecule has 0 unspecified atom stereocenters. The lowest BCUT2D eigenvalue weighted by molar-refractivity contribution is -0.140. The summed E-state index contributed by atoms with van der Waals surface area (Å²) in [5.74, 6) is 1.17. The van der Waals surface area contributed by atoms with Crippen molar-refractivity contribution < 1.29 is 35.8 Å². The standard InChI is InChI=1S/C16H17F3N8O.C12H13ClF3N5O/c1-9-6-28-3-2-27(9)14-11-13(26(8-23-11)7-16(17,18)19)24-12(25-14)10-4-21-15(20)22-5-10;1-7-4-22-3-2-21(7)10-8-9(18-11(13)19-10)20(6-17-8)5-12(14,15)16/h4-5,8-9H,2-3,6-7H2,1H3,(H2,20,21,22);6-7H,2-5H2,1H3/t9-;7-/m00/s1. The molecule has 2 fully saturated rings. The molecule has 0 radical (unpaired) electrons. The maximum Gasteiger partial charge on any atom is 0.406 e. The predicted molar refractivity (Wildman–Crippen MR) is 168 cm³/mol. The third kappa shape index (κ3) is 7.88. The second kappa shape index (κ2) is 13.9. The van der Waals surface area contributed by atoms with Gasteiger partial charge in [0.05, 0.1) is 56.7 Å². The van der Waals surface area contributed by atoms with E-state index >= 15 is 0 Å². The van der Waals surface area contributed by atoms with Crippen molar-refractivity contribution in [3.8, 4) is 11.4 Å². The summed E-state index contributed by atoms with van der Waals surface area (Å²) in [7, 11) is 0. The highest BCUT2D eigenvalue weighted by molar-refractivity contribution is 6.28. The number of hydrogen-bond donors (Lipinski definition) is 1. The van der Waals surface area contributed by atoms with Crippen molar-refractivity contribution in [2.45, 2.75) is 51.4 Å². The minimum absolute atomic E-state index is 0.0184. The molecular weight excluding hydrogens is 700 g/mol. The van der Waals surface area contributed by atoms with E-state index in [1.807, 2.05) is 23.6 Å². The molecule has 22 heteroatoms. The Morgan fingerprint density at radius 3 is 1.70 bits per heavy atom. The Morgan fingerprint density at radius 1 is 0.740 bits per heavy atom. The molecule has 2 saturated heterocycles. The fourth-order valence-corrected chi connectivity index (χ4v) is 5.68. The zero-order valence-corrected chi connectivity index (χ0v) is 27.3. The van der Waals surface area contributed by atoms with Crippen LogP contribution in [0.5, 0.6) is 0 Å². The van der Waals surface area contributed by atoms with Gasteiger partial charge in [-0.05, 0) is 25.4 Å². The Morgan fingerprint density at radius 2 is 1.22 bits per heavy atom. The summed E-state index contributed by atoms with van der Waals surface area (Å²) in [6, 6.07) is 0.00539. The lowest BCUT2D eigenvalue weighted by atomic mass is 10.2. The zero-order chi connectivity index (χ0) is 35.8. The number of halogens is 7. The highest BCUT2D eigenvalue weighted by Gasteiger charge is 2.32. The largest absolute Gasteiger partial charge is 0.406 e. The number of alkyl halides is 6. The topological polar surface area (TPSA) is 164 Å². The van der Waals surface area contributed by atoms with E-state index < -0.39 is 25.4 Å². The highest BCUT2D eigenvalue weighted by atomic mass is 35.5. The Bertz CT molecular complexity index is 1950. The highest BCUT2D eigenvalue weighted by Crippen LogP contribution is 2.31. The molecule has 0 bridgehead atoms. The van der Waals surface area contributed by atoms with Gasteiger partial charge >= 0.3 is 12.4 Å². The Balaban J connectivity index is 0.000000178. The van der Waals surface area contributed by atoms with Gasteiger partial charge in [-0.15, -0.1) is 0 Å². The number of ether oxygens (including phenoxy) is 2. The summed E-state index contributed by atoms with van der Waals surface area (Å²) in [5, 5.41) is -0.106. The number of anilines is 3. The van der Waals surface area contributed by atoms with Crippen LogP contribution in [0.1, 0.15) is 13.8 Å². The van der Waals surface area contributed by atoms with E-state index in [1.165, 1.54) is 12.4 Å². The van der Waals surface area contributed by atoms with E-state index in [9.17, 15) is 26.3 Å². The van der Waals surface area contributed by atoms with Gasteiger partial charge in [0.2, 0.25) is 11.2 Å². The lowest BCUT2D eigenvalue weighted by Crippen LogP contribution is -2.44. The summed E-state index contributed by atoms with van der Waals surface area (Å²) in [6.07, 6.45) is -3.67. The molecule has 5 aromatic heterocycles. The summed E-state index contributed by atoms with van der Waals surface area (Å²) >= 11 is 5.89. The molecule has 2 atom stereocenters. The summed E-state index contributed by atoms with van der Waals surface area (Å²) in [4.78, 5) is 36.8. The molecule has 0 aliphatic carbocycles. The van der Waals surface area contributed by atoms with Crippen molar-refractivity contribution in [3.05, 3.63) is 30.3 Å². The summed E-state index contributed by atoms with van der Waals surface area (Å²) in [5.41, 5.74) is 6.73. The van der Waals surface area contributed by atoms with Gasteiger partial charge < -0.3 is 34.1 Å². The van der Waals surface area contributed by atoms with E-state index in [1.54, 1.807) is 0 Å². The van der Waals surface area contributed by atoms with Crippen LogP contribution in [0.3, 0.4) is 0 Å². The van der Waals surface area contributed by atoms with E-state index in [0.29, 0.717) is 67.7 Å².